The van der Waals surface area contributed by atoms with Gasteiger partial charge in [0, 0.05) is 20.1 Å². The van der Waals surface area contributed by atoms with Crippen LogP contribution in [0.4, 0.5) is 11.7 Å². The average molecular weight is 246 g/mol. The zero-order valence-corrected chi connectivity index (χ0v) is 10.1. The molecule has 1 aliphatic rings. The van der Waals surface area contributed by atoms with Crippen molar-refractivity contribution in [2.24, 2.45) is 0 Å². The number of hydrogen-bond acceptors (Lipinski definition) is 5. The number of amides is 1. The first-order chi connectivity index (χ1) is 8.65. The third kappa shape index (κ3) is 1.66. The summed E-state index contributed by atoms with van der Waals surface area (Å²) in [5, 5.41) is 0. The van der Waals surface area contributed by atoms with E-state index in [0.717, 1.165) is 6.54 Å². The summed E-state index contributed by atoms with van der Waals surface area (Å²) < 4.78 is 5.64. The number of nitrogen functional groups attached to an aromatic ring is 1. The Morgan fingerprint density at radius 3 is 2.94 bits per heavy atom. The van der Waals surface area contributed by atoms with Gasteiger partial charge in [-0.1, -0.05) is 6.07 Å². The topological polar surface area (TPSA) is 75.6 Å². The maximum absolute atomic E-state index is 11.7. The van der Waals surface area contributed by atoms with Crippen LogP contribution in [0.25, 0.3) is 11.1 Å². The van der Waals surface area contributed by atoms with Crippen LogP contribution in [0, 0.1) is 0 Å². The number of para-hydroxylation sites is 1. The summed E-state index contributed by atoms with van der Waals surface area (Å²) in [6, 6.07) is 5.88. The van der Waals surface area contributed by atoms with Crippen molar-refractivity contribution in [3.05, 3.63) is 18.2 Å². The van der Waals surface area contributed by atoms with E-state index >= 15 is 0 Å². The monoisotopic (exact) mass is 246 g/mol. The maximum Gasteiger partial charge on any atom is 0.298 e. The van der Waals surface area contributed by atoms with Gasteiger partial charge >= 0.3 is 0 Å². The number of carbonyl (C=O) groups is 1. The van der Waals surface area contributed by atoms with Gasteiger partial charge in [-0.3, -0.25) is 4.79 Å². The molecule has 2 N–H and O–H groups in total. The largest absolute Gasteiger partial charge is 0.423 e. The van der Waals surface area contributed by atoms with Crippen molar-refractivity contribution in [1.82, 2.24) is 9.88 Å². The lowest BCUT2D eigenvalue weighted by atomic mass is 10.3. The van der Waals surface area contributed by atoms with E-state index in [2.05, 4.69) is 4.98 Å². The summed E-state index contributed by atoms with van der Waals surface area (Å²) in [6.07, 6.45) is 0. The zero-order chi connectivity index (χ0) is 12.7. The number of nitrogens with two attached hydrogens (primary N) is 1. The minimum atomic E-state index is 0.0662. The van der Waals surface area contributed by atoms with Gasteiger partial charge < -0.3 is 20.0 Å². The average Bonchev–Trinajstić information content (AvgIpc) is 2.78. The van der Waals surface area contributed by atoms with Crippen molar-refractivity contribution >= 4 is 28.7 Å². The smallest absolute Gasteiger partial charge is 0.298 e. The molecule has 0 bridgehead atoms. The van der Waals surface area contributed by atoms with Crippen molar-refractivity contribution in [3.8, 4) is 0 Å². The molecule has 18 heavy (non-hydrogen) atoms. The Kier molecular flexibility index (Phi) is 2.36. The number of benzene rings is 1. The molecule has 1 saturated heterocycles. The van der Waals surface area contributed by atoms with E-state index in [1.165, 1.54) is 0 Å². The van der Waals surface area contributed by atoms with Gasteiger partial charge in [0.1, 0.15) is 12.1 Å². The van der Waals surface area contributed by atoms with Crippen molar-refractivity contribution in [3.63, 3.8) is 0 Å². The number of carbonyl (C=O) groups excluding carboxylic acids is 1. The normalized spacial score (nSPS) is 16.6. The fourth-order valence-electron chi connectivity index (χ4n) is 2.02. The number of anilines is 2. The molecule has 0 spiro atoms. The number of oxazole rings is 1. The van der Waals surface area contributed by atoms with Crippen molar-refractivity contribution in [1.29, 1.82) is 0 Å². The van der Waals surface area contributed by atoms with Crippen LogP contribution in [0.15, 0.2) is 22.6 Å². The van der Waals surface area contributed by atoms with E-state index in [0.29, 0.717) is 35.9 Å². The molecule has 0 saturated carbocycles. The molecule has 0 aliphatic carbocycles. The molecule has 6 heteroatoms. The molecule has 3 rings (SSSR count). The highest BCUT2D eigenvalue weighted by molar-refractivity contribution is 5.87. The first-order valence-corrected chi connectivity index (χ1v) is 5.79. The third-order valence-electron chi connectivity index (χ3n) is 3.17. The number of fused-ring (bicyclic) bond motifs is 1. The molecular formula is C12H14N4O2. The Bertz CT molecular complexity index is 607. The summed E-state index contributed by atoms with van der Waals surface area (Å²) >= 11 is 0. The van der Waals surface area contributed by atoms with Crippen LogP contribution >= 0.6 is 0 Å². The predicted octanol–water partition coefficient (Wildman–Crippen LogP) is 0.688. The van der Waals surface area contributed by atoms with Gasteiger partial charge in [0.15, 0.2) is 5.58 Å². The quantitative estimate of drug-likeness (QED) is 0.749. The highest BCUT2D eigenvalue weighted by Crippen LogP contribution is 2.26. The van der Waals surface area contributed by atoms with E-state index < -0.39 is 0 Å². The Morgan fingerprint density at radius 2 is 2.22 bits per heavy atom. The summed E-state index contributed by atoms with van der Waals surface area (Å²) in [5.74, 6) is 0.0662. The van der Waals surface area contributed by atoms with Crippen LogP contribution in [0.2, 0.25) is 0 Å². The summed E-state index contributed by atoms with van der Waals surface area (Å²) in [5.41, 5.74) is 7.72. The Morgan fingerprint density at radius 1 is 1.39 bits per heavy atom. The number of nitrogens with zero attached hydrogens (tertiary/aromatic N) is 3. The Hall–Kier alpha value is -2.24. The fraction of sp³-hybridized carbons (Fsp3) is 0.333. The molecule has 94 valence electrons. The van der Waals surface area contributed by atoms with Gasteiger partial charge in [0.05, 0.1) is 5.69 Å². The van der Waals surface area contributed by atoms with Gasteiger partial charge in [0.25, 0.3) is 6.01 Å². The number of hydrogen-bond donors (Lipinski definition) is 1. The van der Waals surface area contributed by atoms with Crippen molar-refractivity contribution < 1.29 is 9.21 Å². The van der Waals surface area contributed by atoms with Crippen LogP contribution in [0.1, 0.15) is 0 Å². The second kappa shape index (κ2) is 3.90. The van der Waals surface area contributed by atoms with Crippen LogP contribution < -0.4 is 10.6 Å². The second-order valence-corrected chi connectivity index (χ2v) is 4.43. The first-order valence-electron chi connectivity index (χ1n) is 5.79. The molecule has 1 aliphatic heterocycles. The molecule has 1 aromatic carbocycles. The van der Waals surface area contributed by atoms with Gasteiger partial charge in [-0.2, -0.15) is 4.98 Å². The zero-order valence-electron chi connectivity index (χ0n) is 10.1. The van der Waals surface area contributed by atoms with Gasteiger partial charge in [0.2, 0.25) is 5.91 Å². The molecule has 0 atom stereocenters. The van der Waals surface area contributed by atoms with Crippen LogP contribution in [-0.4, -0.2) is 42.5 Å². The van der Waals surface area contributed by atoms with E-state index in [4.69, 9.17) is 10.2 Å². The highest BCUT2D eigenvalue weighted by Gasteiger charge is 2.24. The van der Waals surface area contributed by atoms with E-state index in [1.54, 1.807) is 18.0 Å². The molecule has 6 nitrogen and oxygen atoms in total. The van der Waals surface area contributed by atoms with E-state index in [-0.39, 0.29) is 5.91 Å². The molecule has 0 radical (unpaired) electrons. The summed E-state index contributed by atoms with van der Waals surface area (Å²) in [4.78, 5) is 19.5. The lowest BCUT2D eigenvalue weighted by Crippen LogP contribution is -2.48. The molecule has 0 unspecified atom stereocenters. The van der Waals surface area contributed by atoms with E-state index in [1.807, 2.05) is 17.0 Å². The minimum Gasteiger partial charge on any atom is -0.423 e. The number of aromatic nitrogens is 1. The lowest BCUT2D eigenvalue weighted by Gasteiger charge is -2.30. The molecule has 1 amide bonds. The highest BCUT2D eigenvalue weighted by atomic mass is 16.4. The molecule has 2 heterocycles. The SMILES string of the molecule is CN1CCN(c2nc3c(N)cccc3o2)CC1=O. The summed E-state index contributed by atoms with van der Waals surface area (Å²) in [7, 11) is 1.80. The number of likely N-dealkylation sites (N-methyl/N-ethyl adjacent to an activating group) is 1. The van der Waals surface area contributed by atoms with Gasteiger partial charge in [-0.15, -0.1) is 0 Å². The van der Waals surface area contributed by atoms with Crippen LogP contribution in [-0.2, 0) is 4.79 Å². The second-order valence-electron chi connectivity index (χ2n) is 4.43. The van der Waals surface area contributed by atoms with Gasteiger partial charge in [-0.05, 0) is 12.1 Å². The maximum atomic E-state index is 11.7. The van der Waals surface area contributed by atoms with Gasteiger partial charge in [-0.25, -0.2) is 0 Å². The van der Waals surface area contributed by atoms with Crippen molar-refractivity contribution in [2.45, 2.75) is 0 Å². The number of piperazine rings is 1. The Labute approximate surface area is 104 Å². The van der Waals surface area contributed by atoms with Crippen molar-refractivity contribution in [2.75, 3.05) is 37.3 Å². The first kappa shape index (κ1) is 10.9. The predicted molar refractivity (Wildman–Crippen MR) is 68.3 cm³/mol. The fourth-order valence-corrected chi connectivity index (χ4v) is 2.02. The standard InChI is InChI=1S/C12H14N4O2/c1-15-5-6-16(7-10(15)17)12-14-11-8(13)3-2-4-9(11)18-12/h2-4H,5-7,13H2,1H3. The molecular weight excluding hydrogens is 232 g/mol. The van der Waals surface area contributed by atoms with Crippen LogP contribution in [0.5, 0.6) is 0 Å². The Balaban J connectivity index is 1.95. The van der Waals surface area contributed by atoms with E-state index in [9.17, 15) is 4.79 Å². The number of rotatable bonds is 1. The minimum absolute atomic E-state index is 0.0662. The third-order valence-corrected chi connectivity index (χ3v) is 3.17. The lowest BCUT2D eigenvalue weighted by molar-refractivity contribution is -0.129. The van der Waals surface area contributed by atoms with Crippen LogP contribution in [0.3, 0.4) is 0 Å². The molecule has 1 aromatic heterocycles. The summed E-state index contributed by atoms with van der Waals surface area (Å²) in [6.45, 7) is 1.69. The molecule has 1 fully saturated rings. The molecule has 2 aromatic rings.